The third kappa shape index (κ3) is 4.06. The van der Waals surface area contributed by atoms with Crippen molar-refractivity contribution in [1.82, 2.24) is 5.32 Å². The monoisotopic (exact) mass is 267 g/mol. The van der Waals surface area contributed by atoms with Crippen molar-refractivity contribution in [3.63, 3.8) is 0 Å². The third-order valence-electron chi connectivity index (χ3n) is 3.90. The van der Waals surface area contributed by atoms with Gasteiger partial charge in [-0.3, -0.25) is 0 Å². The van der Waals surface area contributed by atoms with Gasteiger partial charge in [-0.25, -0.2) is 0 Å². The lowest BCUT2D eigenvalue weighted by molar-refractivity contribution is 0.339. The van der Waals surface area contributed by atoms with E-state index < -0.39 is 0 Å². The molecule has 0 spiro atoms. The van der Waals surface area contributed by atoms with E-state index in [1.54, 1.807) is 11.8 Å². The van der Waals surface area contributed by atoms with Gasteiger partial charge in [-0.15, -0.1) is 0 Å². The molecule has 1 heterocycles. The highest BCUT2D eigenvalue weighted by atomic mass is 32.2. The summed E-state index contributed by atoms with van der Waals surface area (Å²) in [7, 11) is 0. The van der Waals surface area contributed by atoms with Gasteiger partial charge in [0, 0.05) is 6.04 Å². The van der Waals surface area contributed by atoms with Crippen LogP contribution in [0.3, 0.4) is 0 Å². The molecule has 3 heteroatoms. The molecule has 0 bridgehead atoms. The maximum atomic E-state index is 5.80. The van der Waals surface area contributed by atoms with Crippen LogP contribution in [0.1, 0.15) is 50.5 Å². The van der Waals surface area contributed by atoms with Crippen LogP contribution >= 0.6 is 11.8 Å². The number of thioether (sulfide) groups is 1. The quantitative estimate of drug-likeness (QED) is 0.809. The van der Waals surface area contributed by atoms with Crippen LogP contribution in [-0.4, -0.2) is 12.3 Å². The Hall–Kier alpha value is -0.410. The van der Waals surface area contributed by atoms with Crippen LogP contribution in [0.2, 0.25) is 0 Å². The van der Waals surface area contributed by atoms with Gasteiger partial charge in [0.1, 0.15) is 11.5 Å². The minimum absolute atomic E-state index is 0.668. The molecule has 2 atom stereocenters. The van der Waals surface area contributed by atoms with Gasteiger partial charge in [-0.2, -0.15) is 11.8 Å². The largest absolute Gasteiger partial charge is 0.464 e. The normalized spacial score (nSPS) is 25.0. The molecule has 0 radical (unpaired) electrons. The molecular formula is C15H25NOS. The van der Waals surface area contributed by atoms with Crippen molar-refractivity contribution >= 4 is 11.8 Å². The molecule has 2 unspecified atom stereocenters. The van der Waals surface area contributed by atoms with Gasteiger partial charge in [0.05, 0.1) is 12.3 Å². The third-order valence-corrected chi connectivity index (χ3v) is 4.48. The van der Waals surface area contributed by atoms with E-state index in [0.717, 1.165) is 29.7 Å². The SMILES string of the molecule is CSCc1ccc(CNC2CCCCCC2C)o1. The van der Waals surface area contributed by atoms with Gasteiger partial charge in [0.15, 0.2) is 0 Å². The van der Waals surface area contributed by atoms with Crippen molar-refractivity contribution in [1.29, 1.82) is 0 Å². The van der Waals surface area contributed by atoms with Crippen LogP contribution in [0.15, 0.2) is 16.5 Å². The van der Waals surface area contributed by atoms with Crippen molar-refractivity contribution in [2.75, 3.05) is 6.26 Å². The zero-order valence-corrected chi connectivity index (χ0v) is 12.4. The molecular weight excluding hydrogens is 242 g/mol. The van der Waals surface area contributed by atoms with Crippen molar-refractivity contribution in [3.8, 4) is 0 Å². The van der Waals surface area contributed by atoms with Crippen LogP contribution in [0, 0.1) is 5.92 Å². The summed E-state index contributed by atoms with van der Waals surface area (Å²) in [4.78, 5) is 0. The molecule has 0 aliphatic heterocycles. The molecule has 1 aliphatic rings. The number of hydrogen-bond acceptors (Lipinski definition) is 3. The van der Waals surface area contributed by atoms with Gasteiger partial charge in [-0.05, 0) is 37.1 Å². The smallest absolute Gasteiger partial charge is 0.118 e. The Morgan fingerprint density at radius 1 is 1.22 bits per heavy atom. The molecule has 1 aliphatic carbocycles. The fourth-order valence-electron chi connectivity index (χ4n) is 2.77. The average molecular weight is 267 g/mol. The Kier molecular flexibility index (Phi) is 5.64. The molecule has 1 N–H and O–H groups in total. The predicted octanol–water partition coefficient (Wildman–Crippen LogP) is 4.20. The lowest BCUT2D eigenvalue weighted by atomic mass is 9.97. The highest BCUT2D eigenvalue weighted by molar-refractivity contribution is 7.97. The van der Waals surface area contributed by atoms with Gasteiger partial charge in [0.25, 0.3) is 0 Å². The fraction of sp³-hybridized carbons (Fsp3) is 0.733. The van der Waals surface area contributed by atoms with E-state index in [2.05, 4.69) is 30.6 Å². The maximum absolute atomic E-state index is 5.80. The molecule has 1 aromatic rings. The van der Waals surface area contributed by atoms with Crippen molar-refractivity contribution < 1.29 is 4.42 Å². The molecule has 102 valence electrons. The Labute approximate surface area is 115 Å². The molecule has 0 amide bonds. The molecule has 18 heavy (non-hydrogen) atoms. The van der Waals surface area contributed by atoms with Crippen LogP contribution in [0.4, 0.5) is 0 Å². The Balaban J connectivity index is 1.81. The minimum atomic E-state index is 0.668. The van der Waals surface area contributed by atoms with Crippen LogP contribution < -0.4 is 5.32 Å². The van der Waals surface area contributed by atoms with E-state index in [0.29, 0.717) is 6.04 Å². The number of nitrogens with one attached hydrogen (secondary N) is 1. The first-order valence-electron chi connectivity index (χ1n) is 7.09. The van der Waals surface area contributed by atoms with Gasteiger partial charge in [0.2, 0.25) is 0 Å². The van der Waals surface area contributed by atoms with Crippen molar-refractivity contribution in [3.05, 3.63) is 23.7 Å². The second kappa shape index (κ2) is 7.25. The second-order valence-electron chi connectivity index (χ2n) is 5.40. The molecule has 0 aromatic carbocycles. The standard InChI is InChI=1S/C15H25NOS/c1-12-6-4-3-5-7-15(12)16-10-13-8-9-14(17-13)11-18-2/h8-9,12,15-16H,3-7,10-11H2,1-2H3. The fourth-order valence-corrected chi connectivity index (χ4v) is 3.20. The zero-order chi connectivity index (χ0) is 12.8. The Morgan fingerprint density at radius 2 is 2.00 bits per heavy atom. The lowest BCUT2D eigenvalue weighted by Gasteiger charge is -2.22. The molecule has 1 fully saturated rings. The zero-order valence-electron chi connectivity index (χ0n) is 11.6. The highest BCUT2D eigenvalue weighted by Crippen LogP contribution is 2.23. The minimum Gasteiger partial charge on any atom is -0.464 e. The lowest BCUT2D eigenvalue weighted by Crippen LogP contribution is -2.33. The highest BCUT2D eigenvalue weighted by Gasteiger charge is 2.19. The van der Waals surface area contributed by atoms with E-state index in [1.807, 2.05) is 0 Å². The average Bonchev–Trinajstić information content (AvgIpc) is 2.70. The first-order valence-corrected chi connectivity index (χ1v) is 8.49. The van der Waals surface area contributed by atoms with Crippen molar-refractivity contribution in [2.24, 2.45) is 5.92 Å². The molecule has 2 nitrogen and oxygen atoms in total. The topological polar surface area (TPSA) is 25.2 Å². The van der Waals surface area contributed by atoms with Crippen LogP contribution in [0.5, 0.6) is 0 Å². The Bertz CT molecular complexity index is 350. The van der Waals surface area contributed by atoms with E-state index in [-0.39, 0.29) is 0 Å². The van der Waals surface area contributed by atoms with Crippen LogP contribution in [0.25, 0.3) is 0 Å². The maximum Gasteiger partial charge on any atom is 0.118 e. The summed E-state index contributed by atoms with van der Waals surface area (Å²) < 4.78 is 5.80. The van der Waals surface area contributed by atoms with E-state index in [1.165, 1.54) is 32.1 Å². The summed E-state index contributed by atoms with van der Waals surface area (Å²) in [6, 6.07) is 4.88. The Morgan fingerprint density at radius 3 is 2.83 bits per heavy atom. The number of furan rings is 1. The molecule has 1 aromatic heterocycles. The summed E-state index contributed by atoms with van der Waals surface area (Å²) in [5.74, 6) is 3.94. The summed E-state index contributed by atoms with van der Waals surface area (Å²) in [5, 5.41) is 3.68. The second-order valence-corrected chi connectivity index (χ2v) is 6.27. The van der Waals surface area contributed by atoms with Crippen LogP contribution in [-0.2, 0) is 12.3 Å². The summed E-state index contributed by atoms with van der Waals surface area (Å²) in [6.07, 6.45) is 8.97. The predicted molar refractivity (Wildman–Crippen MR) is 78.8 cm³/mol. The summed E-state index contributed by atoms with van der Waals surface area (Å²) in [5.41, 5.74) is 0. The number of hydrogen-bond donors (Lipinski definition) is 1. The molecule has 0 saturated heterocycles. The van der Waals surface area contributed by atoms with Crippen molar-refractivity contribution in [2.45, 2.75) is 57.4 Å². The molecule has 1 saturated carbocycles. The first-order chi connectivity index (χ1) is 8.79. The molecule has 2 rings (SSSR count). The van der Waals surface area contributed by atoms with E-state index in [4.69, 9.17) is 4.42 Å². The van der Waals surface area contributed by atoms with E-state index >= 15 is 0 Å². The van der Waals surface area contributed by atoms with Gasteiger partial charge < -0.3 is 9.73 Å². The van der Waals surface area contributed by atoms with Gasteiger partial charge in [-0.1, -0.05) is 26.2 Å². The van der Waals surface area contributed by atoms with E-state index in [9.17, 15) is 0 Å². The summed E-state index contributed by atoms with van der Waals surface area (Å²) >= 11 is 1.80. The number of rotatable bonds is 5. The summed E-state index contributed by atoms with van der Waals surface area (Å²) in [6.45, 7) is 3.26. The van der Waals surface area contributed by atoms with Gasteiger partial charge >= 0.3 is 0 Å². The first kappa shape index (κ1) is 14.0.